The number of hydrogen-bond donors (Lipinski definition) is 0. The van der Waals surface area contributed by atoms with Crippen molar-refractivity contribution in [1.29, 1.82) is 0 Å². The molecular formula is C12H16S. The van der Waals surface area contributed by atoms with Gasteiger partial charge >= 0.3 is 0 Å². The molecule has 3 aliphatic rings. The third kappa shape index (κ3) is 1.10. The largest absolute Gasteiger partial charge is 0.145 e. The van der Waals surface area contributed by atoms with Crippen LogP contribution in [-0.2, 0) is 6.42 Å². The molecule has 0 saturated heterocycles. The van der Waals surface area contributed by atoms with Crippen molar-refractivity contribution in [2.75, 3.05) is 0 Å². The van der Waals surface area contributed by atoms with Crippen LogP contribution >= 0.6 is 11.3 Å². The summed E-state index contributed by atoms with van der Waals surface area (Å²) >= 11 is 2.10. The summed E-state index contributed by atoms with van der Waals surface area (Å²) in [6.07, 6.45) is 7.12. The molecule has 1 aromatic rings. The molecule has 2 bridgehead atoms. The lowest BCUT2D eigenvalue weighted by molar-refractivity contribution is 0.365. The van der Waals surface area contributed by atoms with E-state index >= 15 is 0 Å². The molecule has 13 heavy (non-hydrogen) atoms. The Labute approximate surface area is 84.0 Å². The van der Waals surface area contributed by atoms with Crippen molar-refractivity contribution in [2.24, 2.45) is 0 Å². The first-order valence-corrected chi connectivity index (χ1v) is 6.32. The maximum atomic E-state index is 2.50. The van der Waals surface area contributed by atoms with Gasteiger partial charge in [-0.2, -0.15) is 0 Å². The molecule has 1 fully saturated rings. The second-order valence-electron chi connectivity index (χ2n) is 4.43. The average molecular weight is 192 g/mol. The number of fused-ring (bicyclic) bond motifs is 2. The topological polar surface area (TPSA) is 0 Å². The van der Waals surface area contributed by atoms with Gasteiger partial charge in [-0.05, 0) is 55.6 Å². The highest BCUT2D eigenvalue weighted by molar-refractivity contribution is 7.12. The molecule has 3 aliphatic carbocycles. The van der Waals surface area contributed by atoms with Crippen LogP contribution in [0.3, 0.4) is 0 Å². The van der Waals surface area contributed by atoms with Crippen LogP contribution in [0.1, 0.15) is 59.8 Å². The van der Waals surface area contributed by atoms with Crippen molar-refractivity contribution in [3.8, 4) is 0 Å². The van der Waals surface area contributed by atoms with Crippen LogP contribution < -0.4 is 0 Å². The standard InChI is InChI=1S/C12H16S/c1-2-10-7-11-8-3-5-9(6-4-8)12(11)13-10/h7-9H,2-6H2,1H3. The fraction of sp³-hybridized carbons (Fsp3) is 0.667. The number of rotatable bonds is 1. The number of hydrogen-bond acceptors (Lipinski definition) is 1. The molecule has 0 radical (unpaired) electrons. The molecule has 0 aromatic carbocycles. The third-order valence-corrected chi connectivity index (χ3v) is 5.19. The van der Waals surface area contributed by atoms with Crippen LogP contribution in [0.5, 0.6) is 0 Å². The maximum Gasteiger partial charge on any atom is 0.0114 e. The number of aryl methyl sites for hydroxylation is 1. The first-order valence-electron chi connectivity index (χ1n) is 5.51. The van der Waals surface area contributed by atoms with Gasteiger partial charge in [0.05, 0.1) is 0 Å². The molecule has 4 rings (SSSR count). The molecular weight excluding hydrogens is 176 g/mol. The molecule has 0 aliphatic heterocycles. The molecule has 0 N–H and O–H groups in total. The summed E-state index contributed by atoms with van der Waals surface area (Å²) in [5.74, 6) is 1.89. The minimum Gasteiger partial charge on any atom is -0.145 e. The summed E-state index contributed by atoms with van der Waals surface area (Å²) in [7, 11) is 0. The van der Waals surface area contributed by atoms with Gasteiger partial charge in [-0.3, -0.25) is 0 Å². The lowest BCUT2D eigenvalue weighted by Crippen LogP contribution is -2.19. The molecule has 1 heteroatoms. The Balaban J connectivity index is 2.10. The molecule has 0 atom stereocenters. The smallest absolute Gasteiger partial charge is 0.0114 e. The summed E-state index contributed by atoms with van der Waals surface area (Å²) in [5.41, 5.74) is 1.74. The Bertz CT molecular complexity index is 286. The quantitative estimate of drug-likeness (QED) is 0.629. The van der Waals surface area contributed by atoms with E-state index in [4.69, 9.17) is 0 Å². The van der Waals surface area contributed by atoms with E-state index in [0.29, 0.717) is 0 Å². The van der Waals surface area contributed by atoms with Gasteiger partial charge in [0, 0.05) is 9.75 Å². The van der Waals surface area contributed by atoms with E-state index in [1.54, 1.807) is 15.3 Å². The Morgan fingerprint density at radius 3 is 2.54 bits per heavy atom. The van der Waals surface area contributed by atoms with Gasteiger partial charge in [-0.25, -0.2) is 0 Å². The van der Waals surface area contributed by atoms with Gasteiger partial charge in [-0.15, -0.1) is 11.3 Å². The molecule has 70 valence electrons. The fourth-order valence-electron chi connectivity index (χ4n) is 2.95. The summed E-state index contributed by atoms with van der Waals surface area (Å²) in [6.45, 7) is 2.28. The Morgan fingerprint density at radius 1 is 1.23 bits per heavy atom. The van der Waals surface area contributed by atoms with Gasteiger partial charge < -0.3 is 0 Å². The molecule has 0 unspecified atom stereocenters. The van der Waals surface area contributed by atoms with Gasteiger partial charge in [0.25, 0.3) is 0 Å². The molecule has 0 spiro atoms. The van der Waals surface area contributed by atoms with Crippen molar-refractivity contribution in [1.82, 2.24) is 0 Å². The van der Waals surface area contributed by atoms with Gasteiger partial charge in [0.15, 0.2) is 0 Å². The zero-order valence-corrected chi connectivity index (χ0v) is 8.99. The van der Waals surface area contributed by atoms with Crippen LogP contribution in [0.2, 0.25) is 0 Å². The summed E-state index contributed by atoms with van der Waals surface area (Å²) in [6, 6.07) is 2.50. The van der Waals surface area contributed by atoms with Gasteiger partial charge in [-0.1, -0.05) is 6.92 Å². The number of thiophene rings is 1. The first-order chi connectivity index (χ1) is 6.38. The highest BCUT2D eigenvalue weighted by Gasteiger charge is 2.34. The van der Waals surface area contributed by atoms with Gasteiger partial charge in [0.2, 0.25) is 0 Å². The highest BCUT2D eigenvalue weighted by atomic mass is 32.1. The lowest BCUT2D eigenvalue weighted by atomic mass is 9.71. The molecule has 1 aromatic heterocycles. The van der Waals surface area contributed by atoms with Crippen molar-refractivity contribution >= 4 is 11.3 Å². The van der Waals surface area contributed by atoms with Crippen LogP contribution in [0, 0.1) is 0 Å². The highest BCUT2D eigenvalue weighted by Crippen LogP contribution is 2.52. The van der Waals surface area contributed by atoms with Crippen LogP contribution in [0.15, 0.2) is 6.07 Å². The zero-order valence-electron chi connectivity index (χ0n) is 8.18. The van der Waals surface area contributed by atoms with Crippen LogP contribution in [0.4, 0.5) is 0 Å². The fourth-order valence-corrected chi connectivity index (χ4v) is 4.31. The summed E-state index contributed by atoms with van der Waals surface area (Å²) in [4.78, 5) is 3.38. The van der Waals surface area contributed by atoms with E-state index < -0.39 is 0 Å². The van der Waals surface area contributed by atoms with E-state index in [2.05, 4.69) is 24.3 Å². The van der Waals surface area contributed by atoms with Crippen molar-refractivity contribution in [2.45, 2.75) is 50.9 Å². The maximum absolute atomic E-state index is 2.50. The average Bonchev–Trinajstić information content (AvgIpc) is 2.64. The molecule has 1 heterocycles. The van der Waals surface area contributed by atoms with Crippen molar-refractivity contribution in [3.05, 3.63) is 21.4 Å². The minimum absolute atomic E-state index is 0.941. The van der Waals surface area contributed by atoms with Crippen molar-refractivity contribution < 1.29 is 0 Å². The second kappa shape index (κ2) is 2.84. The Morgan fingerprint density at radius 2 is 1.92 bits per heavy atom. The molecule has 0 amide bonds. The first kappa shape index (κ1) is 8.05. The summed E-state index contributed by atoms with van der Waals surface area (Å²) < 4.78 is 0. The van der Waals surface area contributed by atoms with Gasteiger partial charge in [0.1, 0.15) is 0 Å². The zero-order chi connectivity index (χ0) is 8.84. The van der Waals surface area contributed by atoms with E-state index in [1.807, 2.05) is 0 Å². The second-order valence-corrected chi connectivity index (χ2v) is 5.60. The van der Waals surface area contributed by atoms with E-state index in [0.717, 1.165) is 11.8 Å². The van der Waals surface area contributed by atoms with E-state index in [-0.39, 0.29) is 0 Å². The lowest BCUT2D eigenvalue weighted by Gasteiger charge is -2.35. The van der Waals surface area contributed by atoms with Crippen molar-refractivity contribution in [3.63, 3.8) is 0 Å². The van der Waals surface area contributed by atoms with Crippen LogP contribution in [-0.4, -0.2) is 0 Å². The van der Waals surface area contributed by atoms with Crippen LogP contribution in [0.25, 0.3) is 0 Å². The van der Waals surface area contributed by atoms with E-state index in [9.17, 15) is 0 Å². The third-order valence-electron chi connectivity index (χ3n) is 3.73. The molecule has 1 saturated carbocycles. The van der Waals surface area contributed by atoms with E-state index in [1.165, 1.54) is 32.1 Å². The monoisotopic (exact) mass is 192 g/mol. The predicted octanol–water partition coefficient (Wildman–Crippen LogP) is 4.07. The predicted molar refractivity (Wildman–Crippen MR) is 57.6 cm³/mol. The minimum atomic E-state index is 0.941. The normalized spacial score (nSPS) is 30.5. The Kier molecular flexibility index (Phi) is 1.76. The SMILES string of the molecule is CCc1cc2c(s1)C1CCC2CC1. The Hall–Kier alpha value is -0.300. The summed E-state index contributed by atoms with van der Waals surface area (Å²) in [5, 5.41) is 0. The molecule has 0 nitrogen and oxygen atoms in total.